The Morgan fingerprint density at radius 2 is 1.86 bits per heavy atom. The van der Waals surface area contributed by atoms with Gasteiger partial charge in [0.25, 0.3) is 0 Å². The number of nitrogens with two attached hydrogens (primary N) is 1. The number of nitrogens with zero attached hydrogens (tertiary/aromatic N) is 1. The van der Waals surface area contributed by atoms with Gasteiger partial charge in [-0.05, 0) is 61.7 Å². The van der Waals surface area contributed by atoms with Gasteiger partial charge in [0.05, 0.1) is 12.5 Å². The van der Waals surface area contributed by atoms with E-state index in [0.717, 1.165) is 35.5 Å². The van der Waals surface area contributed by atoms with E-state index in [2.05, 4.69) is 24.1 Å². The van der Waals surface area contributed by atoms with Crippen molar-refractivity contribution in [3.05, 3.63) is 64.7 Å². The van der Waals surface area contributed by atoms with Gasteiger partial charge >= 0.3 is 5.97 Å². The smallest absolute Gasteiger partial charge is 0.311 e. The van der Waals surface area contributed by atoms with E-state index in [1.165, 1.54) is 5.56 Å². The first kappa shape index (κ1) is 19.3. The van der Waals surface area contributed by atoms with Gasteiger partial charge < -0.3 is 10.5 Å². The number of nitrogen functional groups attached to an aromatic ring is 1. The SMILES string of the molecule is CN1C2CC[C@@H]1C[C@H](c1ccc(Cl)cc1)C2C(=O)OCCc1ccc(N)cc1. The van der Waals surface area contributed by atoms with E-state index >= 15 is 0 Å². The Kier molecular flexibility index (Phi) is 5.61. The summed E-state index contributed by atoms with van der Waals surface area (Å²) in [6.45, 7) is 0.395. The monoisotopic (exact) mass is 398 g/mol. The van der Waals surface area contributed by atoms with E-state index in [1.807, 2.05) is 36.4 Å². The Bertz CT molecular complexity index is 822. The molecule has 2 N–H and O–H groups in total. The molecule has 0 aliphatic carbocycles. The van der Waals surface area contributed by atoms with Crippen LogP contribution in [0, 0.1) is 5.92 Å². The molecule has 2 unspecified atom stereocenters. The molecular weight excluding hydrogens is 372 g/mol. The molecule has 2 saturated heterocycles. The minimum absolute atomic E-state index is 0.0763. The average molecular weight is 399 g/mol. The molecule has 5 heteroatoms. The van der Waals surface area contributed by atoms with Gasteiger partial charge in [0, 0.05) is 35.1 Å². The zero-order chi connectivity index (χ0) is 19.7. The Balaban J connectivity index is 1.47. The number of hydrogen-bond donors (Lipinski definition) is 1. The van der Waals surface area contributed by atoms with Crippen LogP contribution in [0.3, 0.4) is 0 Å². The molecule has 4 nitrogen and oxygen atoms in total. The van der Waals surface area contributed by atoms with Crippen molar-refractivity contribution in [3.8, 4) is 0 Å². The van der Waals surface area contributed by atoms with Crippen molar-refractivity contribution in [2.75, 3.05) is 19.4 Å². The van der Waals surface area contributed by atoms with Crippen LogP contribution in [-0.4, -0.2) is 36.6 Å². The van der Waals surface area contributed by atoms with Crippen LogP contribution < -0.4 is 5.73 Å². The molecule has 0 radical (unpaired) electrons. The fourth-order valence-corrected chi connectivity index (χ4v) is 5.02. The highest BCUT2D eigenvalue weighted by atomic mass is 35.5. The van der Waals surface area contributed by atoms with Crippen molar-refractivity contribution in [2.45, 2.75) is 43.7 Å². The van der Waals surface area contributed by atoms with Gasteiger partial charge in [-0.3, -0.25) is 9.69 Å². The van der Waals surface area contributed by atoms with Crippen LogP contribution in [0.1, 0.15) is 36.3 Å². The minimum Gasteiger partial charge on any atom is -0.465 e. The van der Waals surface area contributed by atoms with E-state index in [4.69, 9.17) is 22.1 Å². The summed E-state index contributed by atoms with van der Waals surface area (Å²) in [5.41, 5.74) is 8.79. The van der Waals surface area contributed by atoms with Crippen molar-refractivity contribution in [3.63, 3.8) is 0 Å². The molecule has 2 aromatic rings. The second kappa shape index (κ2) is 8.14. The molecular formula is C23H27ClN2O2. The molecule has 2 aliphatic heterocycles. The largest absolute Gasteiger partial charge is 0.465 e. The molecule has 28 heavy (non-hydrogen) atoms. The minimum atomic E-state index is -0.128. The summed E-state index contributed by atoms with van der Waals surface area (Å²) in [5, 5.41) is 0.724. The number of esters is 1. The Labute approximate surface area is 171 Å². The van der Waals surface area contributed by atoms with Crippen molar-refractivity contribution in [1.82, 2.24) is 4.90 Å². The summed E-state index contributed by atoms with van der Waals surface area (Å²) < 4.78 is 5.77. The van der Waals surface area contributed by atoms with Crippen LogP contribution in [0.25, 0.3) is 0 Å². The number of carbonyl (C=O) groups excluding carboxylic acids is 1. The fraction of sp³-hybridized carbons (Fsp3) is 0.435. The standard InChI is InChI=1S/C23H27ClN2O2/c1-26-19-10-11-21(26)22(20(14-19)16-4-6-17(24)7-5-16)23(27)28-13-12-15-2-8-18(25)9-3-15/h2-9,19-22H,10-14,25H2,1H3/t19-,20-,21?,22?/m1/s1. The summed E-state index contributed by atoms with van der Waals surface area (Å²) in [5.74, 6) is -0.0149. The molecule has 2 bridgehead atoms. The van der Waals surface area contributed by atoms with E-state index in [0.29, 0.717) is 19.1 Å². The lowest BCUT2D eigenvalue weighted by molar-refractivity contribution is -0.153. The van der Waals surface area contributed by atoms with Crippen LogP contribution in [0.5, 0.6) is 0 Å². The lowest BCUT2D eigenvalue weighted by Crippen LogP contribution is -2.49. The van der Waals surface area contributed by atoms with Gasteiger partial charge in [0.1, 0.15) is 0 Å². The zero-order valence-corrected chi connectivity index (χ0v) is 16.9. The number of fused-ring (bicyclic) bond motifs is 2. The van der Waals surface area contributed by atoms with E-state index < -0.39 is 0 Å². The molecule has 148 valence electrons. The van der Waals surface area contributed by atoms with E-state index in [-0.39, 0.29) is 23.8 Å². The molecule has 2 heterocycles. The van der Waals surface area contributed by atoms with Crippen molar-refractivity contribution in [2.24, 2.45) is 5.92 Å². The normalized spacial score (nSPS) is 26.9. The van der Waals surface area contributed by atoms with E-state index in [9.17, 15) is 4.79 Å². The van der Waals surface area contributed by atoms with Gasteiger partial charge in [0.2, 0.25) is 0 Å². The topological polar surface area (TPSA) is 55.6 Å². The summed E-state index contributed by atoms with van der Waals surface area (Å²) in [4.78, 5) is 15.5. The number of benzene rings is 2. The Morgan fingerprint density at radius 1 is 1.14 bits per heavy atom. The lowest BCUT2D eigenvalue weighted by atomic mass is 9.76. The predicted molar refractivity (Wildman–Crippen MR) is 112 cm³/mol. The number of halogens is 1. The van der Waals surface area contributed by atoms with Crippen LogP contribution in [0.2, 0.25) is 5.02 Å². The quantitative estimate of drug-likeness (QED) is 0.603. The highest BCUT2D eigenvalue weighted by molar-refractivity contribution is 6.30. The number of anilines is 1. The summed E-state index contributed by atoms with van der Waals surface area (Å²) in [7, 11) is 2.15. The molecule has 0 spiro atoms. The highest BCUT2D eigenvalue weighted by Crippen LogP contribution is 2.46. The lowest BCUT2D eigenvalue weighted by Gasteiger charge is -2.42. The third-order valence-electron chi connectivity index (χ3n) is 6.45. The summed E-state index contributed by atoms with van der Waals surface area (Å²) >= 11 is 6.07. The number of rotatable bonds is 5. The van der Waals surface area contributed by atoms with Crippen LogP contribution in [-0.2, 0) is 16.0 Å². The maximum atomic E-state index is 13.1. The zero-order valence-electron chi connectivity index (χ0n) is 16.2. The summed E-state index contributed by atoms with van der Waals surface area (Å²) in [6, 6.07) is 16.5. The van der Waals surface area contributed by atoms with Crippen molar-refractivity contribution in [1.29, 1.82) is 0 Å². The number of piperidine rings is 1. The van der Waals surface area contributed by atoms with Gasteiger partial charge in [-0.15, -0.1) is 0 Å². The van der Waals surface area contributed by atoms with Crippen molar-refractivity contribution < 1.29 is 9.53 Å². The first-order chi connectivity index (χ1) is 13.5. The van der Waals surface area contributed by atoms with Gasteiger partial charge in [0.15, 0.2) is 0 Å². The average Bonchev–Trinajstić information content (AvgIpc) is 2.92. The maximum absolute atomic E-state index is 13.1. The van der Waals surface area contributed by atoms with Crippen LogP contribution in [0.15, 0.2) is 48.5 Å². The van der Waals surface area contributed by atoms with Gasteiger partial charge in [-0.1, -0.05) is 35.9 Å². The van der Waals surface area contributed by atoms with Crippen LogP contribution >= 0.6 is 11.6 Å². The molecule has 2 fully saturated rings. The van der Waals surface area contributed by atoms with Gasteiger partial charge in [-0.2, -0.15) is 0 Å². The molecule has 4 rings (SSSR count). The Morgan fingerprint density at radius 3 is 2.57 bits per heavy atom. The van der Waals surface area contributed by atoms with Gasteiger partial charge in [-0.25, -0.2) is 0 Å². The Hall–Kier alpha value is -2.04. The second-order valence-electron chi connectivity index (χ2n) is 8.04. The molecule has 4 atom stereocenters. The number of hydrogen-bond acceptors (Lipinski definition) is 4. The number of carbonyl (C=O) groups is 1. The molecule has 0 aromatic heterocycles. The third-order valence-corrected chi connectivity index (χ3v) is 6.71. The molecule has 2 aromatic carbocycles. The van der Waals surface area contributed by atoms with Crippen LogP contribution in [0.4, 0.5) is 5.69 Å². The first-order valence-electron chi connectivity index (χ1n) is 10.0. The predicted octanol–water partition coefficient (Wildman–Crippen LogP) is 4.27. The molecule has 0 saturated carbocycles. The van der Waals surface area contributed by atoms with Crippen molar-refractivity contribution >= 4 is 23.3 Å². The molecule has 0 amide bonds. The first-order valence-corrected chi connectivity index (χ1v) is 10.4. The van der Waals surface area contributed by atoms with E-state index in [1.54, 1.807) is 0 Å². The third kappa shape index (κ3) is 3.89. The summed E-state index contributed by atoms with van der Waals surface area (Å²) in [6.07, 6.45) is 3.91. The number of ether oxygens (including phenoxy) is 1. The highest BCUT2D eigenvalue weighted by Gasteiger charge is 2.49. The fourth-order valence-electron chi connectivity index (χ4n) is 4.89. The second-order valence-corrected chi connectivity index (χ2v) is 8.48. The maximum Gasteiger partial charge on any atom is 0.311 e. The molecule has 2 aliphatic rings.